The zero-order valence-corrected chi connectivity index (χ0v) is 30.0. The second-order valence-corrected chi connectivity index (χ2v) is 14.8. The van der Waals surface area contributed by atoms with Crippen molar-refractivity contribution in [2.24, 2.45) is 23.7 Å². The molecule has 0 spiro atoms. The van der Waals surface area contributed by atoms with E-state index in [-0.39, 0.29) is 36.0 Å². The topological polar surface area (TPSA) is 128 Å². The standard InChI is InChI=1S/C36H59N5O5/c1-21(2)16-27-32(42)38-29(20-26-15-13-12-14-25(26)9)36(46)41(11)31(19-24(7)8)34(44)39-28(17-22(3)4)35(45)40(10)30(18-23(5)6)33(43)37-27/h12-15,21-24,27-31H,16-20H2,1-11H3,(H,37,43)(H,38,42)(H,39,44)/t27-,28-,29+,30-,31-/m0/s1. The van der Waals surface area contributed by atoms with E-state index in [4.69, 9.17) is 0 Å². The Morgan fingerprint density at radius 1 is 0.565 bits per heavy atom. The van der Waals surface area contributed by atoms with Gasteiger partial charge in [-0.2, -0.15) is 0 Å². The summed E-state index contributed by atoms with van der Waals surface area (Å²) in [5, 5.41) is 8.87. The van der Waals surface area contributed by atoms with Crippen LogP contribution in [0.3, 0.4) is 0 Å². The second-order valence-electron chi connectivity index (χ2n) is 14.8. The van der Waals surface area contributed by atoms with E-state index >= 15 is 0 Å². The second kappa shape index (κ2) is 17.5. The van der Waals surface area contributed by atoms with Crippen molar-refractivity contribution in [2.75, 3.05) is 14.1 Å². The van der Waals surface area contributed by atoms with Crippen molar-refractivity contribution in [2.45, 2.75) is 125 Å². The molecule has 2 rings (SSSR count). The Balaban J connectivity index is 2.75. The highest BCUT2D eigenvalue weighted by Gasteiger charge is 2.39. The molecule has 3 N–H and O–H groups in total. The number of benzene rings is 1. The molecular weight excluding hydrogens is 582 g/mol. The predicted octanol–water partition coefficient (Wildman–Crippen LogP) is 3.84. The van der Waals surface area contributed by atoms with Crippen molar-refractivity contribution in [3.8, 4) is 0 Å². The van der Waals surface area contributed by atoms with Crippen molar-refractivity contribution in [1.82, 2.24) is 25.8 Å². The quantitative estimate of drug-likeness (QED) is 0.358. The molecule has 5 amide bonds. The zero-order chi connectivity index (χ0) is 34.9. The molecule has 0 saturated carbocycles. The molecule has 1 saturated heterocycles. The summed E-state index contributed by atoms with van der Waals surface area (Å²) in [6.45, 7) is 17.7. The molecule has 0 aliphatic carbocycles. The smallest absolute Gasteiger partial charge is 0.245 e. The van der Waals surface area contributed by atoms with Gasteiger partial charge in [-0.15, -0.1) is 0 Å². The first-order valence-corrected chi connectivity index (χ1v) is 16.9. The molecule has 1 fully saturated rings. The van der Waals surface area contributed by atoms with Crippen molar-refractivity contribution >= 4 is 29.5 Å². The first-order valence-electron chi connectivity index (χ1n) is 16.9. The zero-order valence-electron chi connectivity index (χ0n) is 30.0. The van der Waals surface area contributed by atoms with Crippen LogP contribution in [-0.2, 0) is 30.4 Å². The van der Waals surface area contributed by atoms with Gasteiger partial charge in [0.1, 0.15) is 30.2 Å². The Bertz CT molecular complexity index is 1210. The molecule has 10 nitrogen and oxygen atoms in total. The Labute approximate surface area is 276 Å². The number of rotatable bonds is 10. The summed E-state index contributed by atoms with van der Waals surface area (Å²) in [7, 11) is 3.17. The molecule has 10 heteroatoms. The number of carbonyl (C=O) groups excluding carboxylic acids is 5. The van der Waals surface area contributed by atoms with E-state index in [9.17, 15) is 24.0 Å². The summed E-state index contributed by atoms with van der Waals surface area (Å²) < 4.78 is 0. The minimum absolute atomic E-state index is 0.0573. The van der Waals surface area contributed by atoms with Crippen LogP contribution in [0, 0.1) is 30.6 Å². The largest absolute Gasteiger partial charge is 0.343 e. The molecule has 0 radical (unpaired) electrons. The number of nitrogens with one attached hydrogen (secondary N) is 3. The molecule has 0 unspecified atom stereocenters. The minimum Gasteiger partial charge on any atom is -0.343 e. The summed E-state index contributed by atoms with van der Waals surface area (Å²) in [6.07, 6.45) is 1.66. The van der Waals surface area contributed by atoms with Gasteiger partial charge in [0.05, 0.1) is 0 Å². The fraction of sp³-hybridized carbons (Fsp3) is 0.694. The summed E-state index contributed by atoms with van der Waals surface area (Å²) in [4.78, 5) is 73.1. The minimum atomic E-state index is -0.986. The molecule has 1 aromatic rings. The number of hydrogen-bond acceptors (Lipinski definition) is 5. The fourth-order valence-electron chi connectivity index (χ4n) is 6.04. The Kier molecular flexibility index (Phi) is 14.7. The van der Waals surface area contributed by atoms with E-state index in [0.29, 0.717) is 25.7 Å². The highest BCUT2D eigenvalue weighted by molar-refractivity contribution is 5.98. The van der Waals surface area contributed by atoms with Crippen LogP contribution in [0.1, 0.15) is 92.2 Å². The van der Waals surface area contributed by atoms with Crippen molar-refractivity contribution in [1.29, 1.82) is 0 Å². The van der Waals surface area contributed by atoms with E-state index in [1.54, 1.807) is 14.1 Å². The van der Waals surface area contributed by atoms with E-state index < -0.39 is 53.8 Å². The summed E-state index contributed by atoms with van der Waals surface area (Å²) >= 11 is 0. The van der Waals surface area contributed by atoms with Gasteiger partial charge in [0.25, 0.3) is 0 Å². The van der Waals surface area contributed by atoms with Crippen LogP contribution in [0.15, 0.2) is 24.3 Å². The van der Waals surface area contributed by atoms with E-state index in [0.717, 1.165) is 11.1 Å². The molecule has 0 aromatic heterocycles. The van der Waals surface area contributed by atoms with Crippen LogP contribution < -0.4 is 16.0 Å². The maximum Gasteiger partial charge on any atom is 0.245 e. The molecule has 258 valence electrons. The van der Waals surface area contributed by atoms with Crippen LogP contribution in [0.4, 0.5) is 0 Å². The first-order chi connectivity index (χ1) is 21.4. The maximum absolute atomic E-state index is 14.3. The Hall–Kier alpha value is -3.43. The van der Waals surface area contributed by atoms with E-state index in [1.165, 1.54) is 9.80 Å². The van der Waals surface area contributed by atoms with Crippen LogP contribution in [0.25, 0.3) is 0 Å². The average Bonchev–Trinajstić information content (AvgIpc) is 2.95. The molecule has 46 heavy (non-hydrogen) atoms. The fourth-order valence-corrected chi connectivity index (χ4v) is 6.04. The molecule has 1 heterocycles. The maximum atomic E-state index is 14.3. The van der Waals surface area contributed by atoms with Gasteiger partial charge in [-0.3, -0.25) is 24.0 Å². The summed E-state index contributed by atoms with van der Waals surface area (Å²) in [5.41, 5.74) is 1.86. The van der Waals surface area contributed by atoms with Crippen LogP contribution in [0.2, 0.25) is 0 Å². The third-order valence-corrected chi connectivity index (χ3v) is 8.59. The van der Waals surface area contributed by atoms with Gasteiger partial charge in [-0.25, -0.2) is 0 Å². The molecule has 1 aliphatic heterocycles. The predicted molar refractivity (Wildman–Crippen MR) is 182 cm³/mol. The van der Waals surface area contributed by atoms with E-state index in [2.05, 4.69) is 16.0 Å². The summed E-state index contributed by atoms with van der Waals surface area (Å²) in [5.74, 6) is -1.88. The molecule has 1 aliphatic rings. The van der Waals surface area contributed by atoms with Crippen molar-refractivity contribution < 1.29 is 24.0 Å². The number of hydrogen-bond donors (Lipinski definition) is 3. The molecule has 5 atom stereocenters. The van der Waals surface area contributed by atoms with Crippen LogP contribution in [-0.4, -0.2) is 83.6 Å². The molecule has 1 aromatic carbocycles. The van der Waals surface area contributed by atoms with Crippen molar-refractivity contribution in [3.05, 3.63) is 35.4 Å². The third kappa shape index (κ3) is 11.1. The number of amides is 5. The van der Waals surface area contributed by atoms with Crippen molar-refractivity contribution in [3.63, 3.8) is 0 Å². The lowest BCUT2D eigenvalue weighted by atomic mass is 9.96. The SMILES string of the molecule is Cc1ccccc1C[C@H]1NC(=O)[C@H](CC(C)C)NC(=O)[C@H](CC(C)C)N(C)C(=O)[C@H](CC(C)C)NC(=O)[C@H](CC(C)C)N(C)C1=O. The lowest BCUT2D eigenvalue weighted by molar-refractivity contribution is -0.145. The lowest BCUT2D eigenvalue weighted by Crippen LogP contribution is -2.58. The Morgan fingerprint density at radius 3 is 1.41 bits per heavy atom. The average molecular weight is 642 g/mol. The third-order valence-electron chi connectivity index (χ3n) is 8.59. The highest BCUT2D eigenvalue weighted by atomic mass is 16.2. The van der Waals surface area contributed by atoms with Gasteiger partial charge in [-0.1, -0.05) is 79.7 Å². The number of likely N-dealkylation sites (N-methyl/N-ethyl adjacent to an activating group) is 2. The molecular formula is C36H59N5O5. The highest BCUT2D eigenvalue weighted by Crippen LogP contribution is 2.20. The van der Waals surface area contributed by atoms with Gasteiger partial charge in [-0.05, 0) is 67.4 Å². The number of nitrogens with zero attached hydrogens (tertiary/aromatic N) is 2. The van der Waals surface area contributed by atoms with Gasteiger partial charge in [0, 0.05) is 20.5 Å². The monoisotopic (exact) mass is 641 g/mol. The Morgan fingerprint density at radius 2 is 0.957 bits per heavy atom. The van der Waals surface area contributed by atoms with Gasteiger partial charge in [0.2, 0.25) is 29.5 Å². The van der Waals surface area contributed by atoms with Gasteiger partial charge >= 0.3 is 0 Å². The first kappa shape index (κ1) is 38.8. The van der Waals surface area contributed by atoms with Gasteiger partial charge in [0.15, 0.2) is 0 Å². The van der Waals surface area contributed by atoms with Crippen LogP contribution >= 0.6 is 0 Å². The summed E-state index contributed by atoms with van der Waals surface area (Å²) in [6, 6.07) is 3.14. The molecule has 0 bridgehead atoms. The number of carbonyl (C=O) groups is 5. The van der Waals surface area contributed by atoms with Crippen LogP contribution in [0.5, 0.6) is 0 Å². The van der Waals surface area contributed by atoms with E-state index in [1.807, 2.05) is 86.6 Å². The van der Waals surface area contributed by atoms with Gasteiger partial charge < -0.3 is 25.8 Å². The number of aryl methyl sites for hydroxylation is 1. The lowest BCUT2D eigenvalue weighted by Gasteiger charge is -2.34. The normalized spacial score (nSPS) is 24.3.